The van der Waals surface area contributed by atoms with Crippen molar-refractivity contribution in [3.8, 4) is 0 Å². The molecule has 1 aromatic rings. The minimum absolute atomic E-state index is 0.0808. The van der Waals surface area contributed by atoms with Gasteiger partial charge >= 0.3 is 0 Å². The maximum atomic E-state index is 5.39. The van der Waals surface area contributed by atoms with E-state index in [-0.39, 0.29) is 5.41 Å². The van der Waals surface area contributed by atoms with E-state index in [4.69, 9.17) is 17.0 Å². The smallest absolute Gasteiger partial charge is 0.130 e. The van der Waals surface area contributed by atoms with Gasteiger partial charge in [-0.3, -0.25) is 0 Å². The third-order valence-corrected chi connectivity index (χ3v) is 3.32. The molecule has 0 spiro atoms. The van der Waals surface area contributed by atoms with Crippen LogP contribution in [0.25, 0.3) is 0 Å². The molecule has 17 heavy (non-hydrogen) atoms. The largest absolute Gasteiger partial charge is 0.381 e. The Bertz CT molecular complexity index is 441. The molecule has 0 bridgehead atoms. The highest BCUT2D eigenvalue weighted by molar-refractivity contribution is 7.71. The number of H-pyrrole nitrogens is 1. The summed E-state index contributed by atoms with van der Waals surface area (Å²) in [5.41, 5.74) is 1.24. The van der Waals surface area contributed by atoms with E-state index < -0.39 is 0 Å². The number of nitrogens with one attached hydrogen (secondary N) is 1. The van der Waals surface area contributed by atoms with Crippen LogP contribution in [0.3, 0.4) is 0 Å². The van der Waals surface area contributed by atoms with Crippen LogP contribution in [0.4, 0.5) is 0 Å². The van der Waals surface area contributed by atoms with Crippen LogP contribution in [0.1, 0.15) is 38.7 Å². The number of ether oxygens (including phenoxy) is 1. The maximum absolute atomic E-state index is 5.39. The molecule has 0 radical (unpaired) electrons. The SMILES string of the molecule is CC(C)(C)c1cc(=S)nc(CC2CCOC2)[nH]1. The third kappa shape index (κ3) is 3.36. The van der Waals surface area contributed by atoms with Crippen LogP contribution in [-0.2, 0) is 16.6 Å². The number of nitrogens with zero attached hydrogens (tertiary/aromatic N) is 1. The van der Waals surface area contributed by atoms with Gasteiger partial charge in [-0.2, -0.15) is 0 Å². The van der Waals surface area contributed by atoms with E-state index in [1.54, 1.807) is 0 Å². The lowest BCUT2D eigenvalue weighted by Crippen LogP contribution is -2.17. The first-order chi connectivity index (χ1) is 7.95. The molecular formula is C13H20N2OS. The topological polar surface area (TPSA) is 37.9 Å². The molecule has 0 aliphatic carbocycles. The van der Waals surface area contributed by atoms with E-state index in [0.29, 0.717) is 10.6 Å². The minimum atomic E-state index is 0.0808. The average Bonchev–Trinajstić information content (AvgIpc) is 2.68. The summed E-state index contributed by atoms with van der Waals surface area (Å²) in [6.07, 6.45) is 2.07. The van der Waals surface area contributed by atoms with Crippen LogP contribution >= 0.6 is 12.2 Å². The Morgan fingerprint density at radius 1 is 1.53 bits per heavy atom. The van der Waals surface area contributed by atoms with Gasteiger partial charge in [0.1, 0.15) is 10.5 Å². The van der Waals surface area contributed by atoms with Gasteiger partial charge in [0.05, 0.1) is 0 Å². The Labute approximate surface area is 108 Å². The van der Waals surface area contributed by atoms with Gasteiger partial charge in [0, 0.05) is 30.7 Å². The summed E-state index contributed by atoms with van der Waals surface area (Å²) in [5, 5.41) is 0. The molecule has 4 heteroatoms. The zero-order valence-corrected chi connectivity index (χ0v) is 11.6. The Kier molecular flexibility index (Phi) is 3.64. The van der Waals surface area contributed by atoms with Gasteiger partial charge in [0.2, 0.25) is 0 Å². The Morgan fingerprint density at radius 2 is 2.29 bits per heavy atom. The Balaban J connectivity index is 2.22. The van der Waals surface area contributed by atoms with Crippen LogP contribution in [0, 0.1) is 10.6 Å². The van der Waals surface area contributed by atoms with Crippen LogP contribution in [0.2, 0.25) is 0 Å². The fourth-order valence-electron chi connectivity index (χ4n) is 2.03. The van der Waals surface area contributed by atoms with Gasteiger partial charge in [0.25, 0.3) is 0 Å². The van der Waals surface area contributed by atoms with Crippen molar-refractivity contribution in [2.45, 2.75) is 39.0 Å². The molecule has 1 aromatic heterocycles. The molecule has 1 N–H and O–H groups in total. The van der Waals surface area contributed by atoms with Crippen molar-refractivity contribution in [3.63, 3.8) is 0 Å². The number of hydrogen-bond donors (Lipinski definition) is 1. The van der Waals surface area contributed by atoms with Gasteiger partial charge in [0.15, 0.2) is 0 Å². The van der Waals surface area contributed by atoms with Crippen LogP contribution < -0.4 is 0 Å². The molecule has 0 aromatic carbocycles. The second-order valence-corrected chi connectivity index (χ2v) is 6.18. The van der Waals surface area contributed by atoms with Crippen molar-refractivity contribution in [1.29, 1.82) is 0 Å². The average molecular weight is 252 g/mol. The Morgan fingerprint density at radius 3 is 2.88 bits per heavy atom. The number of hydrogen-bond acceptors (Lipinski definition) is 3. The summed E-state index contributed by atoms with van der Waals surface area (Å²) < 4.78 is 6.07. The van der Waals surface area contributed by atoms with Crippen molar-refractivity contribution < 1.29 is 4.74 Å². The predicted octanol–water partition coefficient (Wildman–Crippen LogP) is 3.02. The highest BCUT2D eigenvalue weighted by Crippen LogP contribution is 2.21. The van der Waals surface area contributed by atoms with Gasteiger partial charge in [-0.25, -0.2) is 4.98 Å². The normalized spacial score (nSPS) is 20.8. The quantitative estimate of drug-likeness (QED) is 0.822. The van der Waals surface area contributed by atoms with Crippen LogP contribution in [-0.4, -0.2) is 23.2 Å². The van der Waals surface area contributed by atoms with Gasteiger partial charge in [-0.05, 0) is 18.4 Å². The summed E-state index contributed by atoms with van der Waals surface area (Å²) >= 11 is 5.23. The highest BCUT2D eigenvalue weighted by Gasteiger charge is 2.19. The molecule has 2 rings (SSSR count). The van der Waals surface area contributed by atoms with E-state index in [0.717, 1.165) is 37.6 Å². The van der Waals surface area contributed by atoms with E-state index in [1.807, 2.05) is 6.07 Å². The zero-order valence-electron chi connectivity index (χ0n) is 10.7. The number of rotatable bonds is 2. The number of aromatic amines is 1. The Hall–Kier alpha value is -0.740. The van der Waals surface area contributed by atoms with Gasteiger partial charge < -0.3 is 9.72 Å². The lowest BCUT2D eigenvalue weighted by molar-refractivity contribution is 0.185. The molecule has 1 unspecified atom stereocenters. The van der Waals surface area contributed by atoms with Crippen LogP contribution in [0.15, 0.2) is 6.07 Å². The molecular weight excluding hydrogens is 232 g/mol. The van der Waals surface area contributed by atoms with Crippen LogP contribution in [0.5, 0.6) is 0 Å². The minimum Gasteiger partial charge on any atom is -0.381 e. The standard InChI is InChI=1S/C13H20N2OS/c1-13(2,3)10-7-12(17)15-11(14-10)6-9-4-5-16-8-9/h7,9H,4-6,8H2,1-3H3,(H,14,15,17). The van der Waals surface area contributed by atoms with Crippen molar-refractivity contribution in [2.75, 3.05) is 13.2 Å². The summed E-state index contributed by atoms with van der Waals surface area (Å²) in [6.45, 7) is 8.26. The molecule has 0 amide bonds. The summed E-state index contributed by atoms with van der Waals surface area (Å²) in [7, 11) is 0. The molecule has 1 aliphatic heterocycles. The molecule has 2 heterocycles. The summed E-state index contributed by atoms with van der Waals surface area (Å²) in [5.74, 6) is 1.58. The maximum Gasteiger partial charge on any atom is 0.130 e. The molecule has 1 fully saturated rings. The van der Waals surface area contributed by atoms with E-state index >= 15 is 0 Å². The zero-order chi connectivity index (χ0) is 12.5. The lowest BCUT2D eigenvalue weighted by Gasteiger charge is -2.20. The molecule has 0 saturated carbocycles. The van der Waals surface area contributed by atoms with Gasteiger partial charge in [-0.1, -0.05) is 33.0 Å². The first kappa shape index (κ1) is 12.7. The predicted molar refractivity (Wildman–Crippen MR) is 70.8 cm³/mol. The van der Waals surface area contributed by atoms with Crippen molar-refractivity contribution in [2.24, 2.45) is 5.92 Å². The first-order valence-corrected chi connectivity index (χ1v) is 6.54. The van der Waals surface area contributed by atoms with E-state index in [1.165, 1.54) is 0 Å². The fraction of sp³-hybridized carbons (Fsp3) is 0.692. The molecule has 3 nitrogen and oxygen atoms in total. The summed E-state index contributed by atoms with van der Waals surface area (Å²) in [6, 6.07) is 1.96. The van der Waals surface area contributed by atoms with E-state index in [9.17, 15) is 0 Å². The lowest BCUT2D eigenvalue weighted by atomic mass is 9.92. The van der Waals surface area contributed by atoms with Crippen molar-refractivity contribution in [3.05, 3.63) is 22.2 Å². The second-order valence-electron chi connectivity index (χ2n) is 5.76. The van der Waals surface area contributed by atoms with Crippen molar-refractivity contribution >= 4 is 12.2 Å². The fourth-order valence-corrected chi connectivity index (χ4v) is 2.25. The van der Waals surface area contributed by atoms with Crippen molar-refractivity contribution in [1.82, 2.24) is 9.97 Å². The molecule has 1 atom stereocenters. The third-order valence-electron chi connectivity index (χ3n) is 3.11. The summed E-state index contributed by atoms with van der Waals surface area (Å²) in [4.78, 5) is 7.83. The highest BCUT2D eigenvalue weighted by atomic mass is 32.1. The first-order valence-electron chi connectivity index (χ1n) is 6.13. The molecule has 94 valence electrons. The second kappa shape index (κ2) is 4.86. The molecule has 1 saturated heterocycles. The monoisotopic (exact) mass is 252 g/mol. The number of aromatic nitrogens is 2. The van der Waals surface area contributed by atoms with Gasteiger partial charge in [-0.15, -0.1) is 0 Å². The molecule has 1 aliphatic rings. The van der Waals surface area contributed by atoms with E-state index in [2.05, 4.69) is 30.7 Å².